The minimum atomic E-state index is -4.11. The van der Waals surface area contributed by atoms with Crippen LogP contribution in [0.3, 0.4) is 0 Å². The number of nitrogens with zero attached hydrogens (tertiary/aromatic N) is 3. The van der Waals surface area contributed by atoms with E-state index in [-0.39, 0.29) is 32.1 Å². The molecule has 1 aliphatic heterocycles. The lowest BCUT2D eigenvalue weighted by Crippen LogP contribution is -2.50. The molecule has 2 heterocycles. The van der Waals surface area contributed by atoms with E-state index < -0.39 is 26.6 Å². The van der Waals surface area contributed by atoms with Crippen molar-refractivity contribution in [3.05, 3.63) is 78.0 Å². The van der Waals surface area contributed by atoms with Gasteiger partial charge in [0, 0.05) is 55.5 Å². The van der Waals surface area contributed by atoms with Crippen molar-refractivity contribution in [1.29, 1.82) is 0 Å². The van der Waals surface area contributed by atoms with Gasteiger partial charge in [-0.15, -0.1) is 0 Å². The summed E-state index contributed by atoms with van der Waals surface area (Å²) < 4.78 is 53.5. The zero-order chi connectivity index (χ0) is 22.0. The number of pyridine rings is 1. The van der Waals surface area contributed by atoms with Crippen molar-refractivity contribution in [2.45, 2.75) is 4.90 Å². The highest BCUT2D eigenvalue weighted by Crippen LogP contribution is 2.22. The number of piperazine rings is 1. The first-order valence-corrected chi connectivity index (χ1v) is 11.1. The number of halogens is 2. The zero-order valence-corrected chi connectivity index (χ0v) is 17.2. The van der Waals surface area contributed by atoms with Crippen LogP contribution < -0.4 is 0 Å². The number of carbonyl (C=O) groups excluding carboxylic acids is 1. The molecule has 0 spiro atoms. The molecule has 2 aromatic carbocycles. The van der Waals surface area contributed by atoms with Gasteiger partial charge in [-0.25, -0.2) is 17.2 Å². The minimum Gasteiger partial charge on any atom is -0.337 e. The topological polar surface area (TPSA) is 70.6 Å². The second kappa shape index (κ2) is 8.52. The molecule has 0 saturated carbocycles. The molecule has 160 valence electrons. The molecule has 0 aliphatic carbocycles. The Bertz CT molecular complexity index is 1260. The number of amides is 1. The van der Waals surface area contributed by atoms with Crippen LogP contribution in [0.5, 0.6) is 0 Å². The largest absolute Gasteiger partial charge is 0.337 e. The van der Waals surface area contributed by atoms with E-state index in [9.17, 15) is 22.0 Å². The van der Waals surface area contributed by atoms with Crippen molar-refractivity contribution in [2.24, 2.45) is 0 Å². The number of aromatic nitrogens is 1. The molecule has 3 aromatic rings. The summed E-state index contributed by atoms with van der Waals surface area (Å²) in [6, 6.07) is 11.8. The van der Waals surface area contributed by atoms with Crippen molar-refractivity contribution < 1.29 is 22.0 Å². The summed E-state index contributed by atoms with van der Waals surface area (Å²) >= 11 is 0. The standard InChI is InChI=1S/C22H19F2N3O3S/c23-18-7-8-20(19(24)15-18)31(29,30)27-13-11-26(12-14-27)21(28)9-6-17-4-1-3-16-5-2-10-25-22(16)17/h1-10,15H,11-14H2/b9-6+. The average Bonchev–Trinajstić information content (AvgIpc) is 2.77. The number of hydrogen-bond acceptors (Lipinski definition) is 4. The Morgan fingerprint density at radius 1 is 1.00 bits per heavy atom. The molecule has 1 aliphatic rings. The SMILES string of the molecule is O=C(/C=C/c1cccc2cccnc12)N1CCN(S(=O)(=O)c2ccc(F)cc2F)CC1. The van der Waals surface area contributed by atoms with E-state index in [1.54, 1.807) is 12.3 Å². The molecule has 0 atom stereocenters. The zero-order valence-electron chi connectivity index (χ0n) is 16.4. The lowest BCUT2D eigenvalue weighted by molar-refractivity contribution is -0.127. The fourth-order valence-corrected chi connectivity index (χ4v) is 4.97. The highest BCUT2D eigenvalue weighted by molar-refractivity contribution is 7.89. The molecular formula is C22H19F2N3O3S. The van der Waals surface area contributed by atoms with E-state index in [0.717, 1.165) is 32.9 Å². The van der Waals surface area contributed by atoms with E-state index in [0.29, 0.717) is 6.07 Å². The molecule has 0 radical (unpaired) electrons. The van der Waals surface area contributed by atoms with Gasteiger partial charge < -0.3 is 4.90 Å². The van der Waals surface area contributed by atoms with Gasteiger partial charge in [-0.2, -0.15) is 4.31 Å². The second-order valence-corrected chi connectivity index (χ2v) is 8.97. The smallest absolute Gasteiger partial charge is 0.246 e. The van der Waals surface area contributed by atoms with Gasteiger partial charge in [-0.05, 0) is 24.3 Å². The molecule has 1 amide bonds. The minimum absolute atomic E-state index is 0.0224. The van der Waals surface area contributed by atoms with Crippen molar-refractivity contribution >= 4 is 32.9 Å². The summed E-state index contributed by atoms with van der Waals surface area (Å²) in [6.07, 6.45) is 4.81. The van der Waals surface area contributed by atoms with Gasteiger partial charge in [0.1, 0.15) is 16.5 Å². The molecule has 0 bridgehead atoms. The van der Waals surface area contributed by atoms with Gasteiger partial charge in [-0.1, -0.05) is 24.3 Å². The summed E-state index contributed by atoms with van der Waals surface area (Å²) in [5, 5.41) is 0.962. The molecule has 1 aromatic heterocycles. The Hall–Kier alpha value is -3.17. The fraction of sp³-hybridized carbons (Fsp3) is 0.182. The molecule has 1 fully saturated rings. The van der Waals surface area contributed by atoms with Crippen molar-refractivity contribution in [2.75, 3.05) is 26.2 Å². The third-order valence-corrected chi connectivity index (χ3v) is 7.06. The normalized spacial score (nSPS) is 15.6. The summed E-state index contributed by atoms with van der Waals surface area (Å²) in [4.78, 5) is 17.9. The number of rotatable bonds is 4. The Labute approximate surface area is 178 Å². The van der Waals surface area contributed by atoms with Crippen LogP contribution in [0.15, 0.2) is 65.7 Å². The fourth-order valence-electron chi connectivity index (χ4n) is 3.50. The molecule has 31 heavy (non-hydrogen) atoms. The van der Waals surface area contributed by atoms with E-state index in [2.05, 4.69) is 4.98 Å². The van der Waals surface area contributed by atoms with Gasteiger partial charge in [0.2, 0.25) is 15.9 Å². The van der Waals surface area contributed by atoms with Gasteiger partial charge in [0.15, 0.2) is 0 Å². The van der Waals surface area contributed by atoms with Crippen LogP contribution in [0.2, 0.25) is 0 Å². The van der Waals surface area contributed by atoms with Crippen LogP contribution in [-0.2, 0) is 14.8 Å². The van der Waals surface area contributed by atoms with Crippen LogP contribution in [0.1, 0.15) is 5.56 Å². The van der Waals surface area contributed by atoms with Crippen molar-refractivity contribution in [3.8, 4) is 0 Å². The van der Waals surface area contributed by atoms with E-state index >= 15 is 0 Å². The maximum absolute atomic E-state index is 14.0. The molecule has 9 heteroatoms. The highest BCUT2D eigenvalue weighted by atomic mass is 32.2. The third-order valence-electron chi connectivity index (χ3n) is 5.13. The second-order valence-electron chi connectivity index (χ2n) is 7.06. The quantitative estimate of drug-likeness (QED) is 0.581. The first kappa shape index (κ1) is 21.1. The molecule has 0 N–H and O–H groups in total. The number of benzene rings is 2. The first-order valence-electron chi connectivity index (χ1n) is 9.62. The Morgan fingerprint density at radius 2 is 1.74 bits per heavy atom. The third kappa shape index (κ3) is 4.33. The molecule has 0 unspecified atom stereocenters. The van der Waals surface area contributed by atoms with Crippen molar-refractivity contribution in [3.63, 3.8) is 0 Å². The summed E-state index contributed by atoms with van der Waals surface area (Å²) in [5.41, 5.74) is 1.59. The number of sulfonamides is 1. The Balaban J connectivity index is 1.43. The maximum Gasteiger partial charge on any atom is 0.246 e. The van der Waals surface area contributed by atoms with Crippen LogP contribution in [0.25, 0.3) is 17.0 Å². The van der Waals surface area contributed by atoms with Crippen LogP contribution >= 0.6 is 0 Å². The monoisotopic (exact) mass is 443 g/mol. The molecule has 1 saturated heterocycles. The first-order chi connectivity index (χ1) is 14.9. The lowest BCUT2D eigenvalue weighted by atomic mass is 10.1. The predicted octanol–water partition coefficient (Wildman–Crippen LogP) is 3.06. The van der Waals surface area contributed by atoms with Crippen molar-refractivity contribution in [1.82, 2.24) is 14.2 Å². The summed E-state index contributed by atoms with van der Waals surface area (Å²) in [5.74, 6) is -2.23. The molecular weight excluding hydrogens is 424 g/mol. The highest BCUT2D eigenvalue weighted by Gasteiger charge is 2.31. The van der Waals surface area contributed by atoms with Gasteiger partial charge in [0.05, 0.1) is 5.52 Å². The molecule has 6 nitrogen and oxygen atoms in total. The van der Waals surface area contributed by atoms with Gasteiger partial charge in [0.25, 0.3) is 0 Å². The van der Waals surface area contributed by atoms with Gasteiger partial charge >= 0.3 is 0 Å². The molecule has 4 rings (SSSR count). The summed E-state index contributed by atoms with van der Waals surface area (Å²) in [7, 11) is -4.11. The maximum atomic E-state index is 14.0. The predicted molar refractivity (Wildman–Crippen MR) is 112 cm³/mol. The van der Waals surface area contributed by atoms with E-state index in [4.69, 9.17) is 0 Å². The van der Waals surface area contributed by atoms with E-state index in [1.807, 2.05) is 30.3 Å². The van der Waals surface area contributed by atoms with Crippen LogP contribution in [0.4, 0.5) is 8.78 Å². The van der Waals surface area contributed by atoms with E-state index in [1.165, 1.54) is 11.0 Å². The number of fused-ring (bicyclic) bond motifs is 1. The number of hydrogen-bond donors (Lipinski definition) is 0. The number of para-hydroxylation sites is 1. The summed E-state index contributed by atoms with van der Waals surface area (Å²) in [6.45, 7) is 0.376. The Kier molecular flexibility index (Phi) is 5.79. The average molecular weight is 443 g/mol. The van der Waals surface area contributed by atoms with Gasteiger partial charge in [-0.3, -0.25) is 9.78 Å². The van der Waals surface area contributed by atoms with Crippen LogP contribution in [0, 0.1) is 11.6 Å². The van der Waals surface area contributed by atoms with Crippen LogP contribution in [-0.4, -0.2) is 54.7 Å². The Morgan fingerprint density at radius 3 is 2.48 bits per heavy atom. The lowest BCUT2D eigenvalue weighted by Gasteiger charge is -2.33. The number of carbonyl (C=O) groups is 1.